The van der Waals surface area contributed by atoms with E-state index in [9.17, 15) is 4.79 Å². The number of ether oxygens (including phenoxy) is 2. The molecule has 1 aliphatic heterocycles. The predicted molar refractivity (Wildman–Crippen MR) is 101 cm³/mol. The fourth-order valence-electron chi connectivity index (χ4n) is 3.04. The minimum absolute atomic E-state index is 0.114. The molecule has 0 spiro atoms. The van der Waals surface area contributed by atoms with Crippen LogP contribution in [-0.2, 0) is 4.74 Å². The normalized spacial score (nSPS) is 15.2. The van der Waals surface area contributed by atoms with Gasteiger partial charge in [0.05, 0.1) is 13.2 Å². The third kappa shape index (κ3) is 6.54. The summed E-state index contributed by atoms with van der Waals surface area (Å²) in [6, 6.07) is 7.54. The number of unbranched alkanes of at least 4 members (excludes halogenated alkanes) is 2. The Morgan fingerprint density at radius 2 is 1.96 bits per heavy atom. The van der Waals surface area contributed by atoms with E-state index >= 15 is 0 Å². The Morgan fingerprint density at radius 1 is 1.24 bits per heavy atom. The van der Waals surface area contributed by atoms with Crippen LogP contribution in [0.25, 0.3) is 0 Å². The van der Waals surface area contributed by atoms with Crippen LogP contribution in [0, 0.1) is 5.92 Å². The van der Waals surface area contributed by atoms with Gasteiger partial charge in [0, 0.05) is 25.3 Å². The Balaban J connectivity index is 1.76. The maximum Gasteiger partial charge on any atom is 0.253 e. The Morgan fingerprint density at radius 3 is 2.60 bits per heavy atom. The van der Waals surface area contributed by atoms with Crippen LogP contribution >= 0.6 is 0 Å². The lowest BCUT2D eigenvalue weighted by Crippen LogP contribution is -2.39. The fourth-order valence-corrected chi connectivity index (χ4v) is 3.04. The molecule has 1 aromatic carbocycles. The summed E-state index contributed by atoms with van der Waals surface area (Å²) in [6.07, 6.45) is 7.22. The van der Waals surface area contributed by atoms with Crippen LogP contribution in [0.5, 0.6) is 5.75 Å². The molecular weight excluding hydrogens is 314 g/mol. The number of piperidine rings is 1. The molecule has 1 aromatic rings. The largest absolute Gasteiger partial charge is 0.494 e. The Kier molecular flexibility index (Phi) is 8.53. The number of carbonyl (C=O) groups is 1. The zero-order valence-electron chi connectivity index (χ0n) is 15.4. The molecule has 0 atom stereocenters. The van der Waals surface area contributed by atoms with E-state index in [1.165, 1.54) is 12.8 Å². The minimum atomic E-state index is 0.114. The molecule has 0 saturated carbocycles. The molecule has 0 aliphatic carbocycles. The molecule has 4 nitrogen and oxygen atoms in total. The molecule has 1 saturated heterocycles. The standard InChI is InChI=1S/C21H31NO3/c1-3-5-6-16-25-20-9-7-19(8-10-20)21(23)22-13-11-18(12-14-22)17-24-15-4-2/h4,7-10,18H,2-3,5-6,11-17H2,1H3. The molecular formula is C21H31NO3. The highest BCUT2D eigenvalue weighted by atomic mass is 16.5. The van der Waals surface area contributed by atoms with Crippen LogP contribution in [-0.4, -0.2) is 43.7 Å². The second-order valence-electron chi connectivity index (χ2n) is 6.64. The van der Waals surface area contributed by atoms with Crippen LogP contribution in [0.2, 0.25) is 0 Å². The van der Waals surface area contributed by atoms with Gasteiger partial charge in [0.15, 0.2) is 0 Å². The summed E-state index contributed by atoms with van der Waals surface area (Å²) in [5.41, 5.74) is 0.738. The Labute approximate surface area is 151 Å². The van der Waals surface area contributed by atoms with Crippen LogP contribution in [0.15, 0.2) is 36.9 Å². The molecule has 1 amide bonds. The number of hydrogen-bond donors (Lipinski definition) is 0. The first-order valence-electron chi connectivity index (χ1n) is 9.45. The summed E-state index contributed by atoms with van der Waals surface area (Å²) in [5, 5.41) is 0. The van der Waals surface area contributed by atoms with Gasteiger partial charge in [-0.05, 0) is 49.4 Å². The van der Waals surface area contributed by atoms with Crippen molar-refractivity contribution < 1.29 is 14.3 Å². The first kappa shape index (κ1) is 19.5. The van der Waals surface area contributed by atoms with Gasteiger partial charge in [0.25, 0.3) is 5.91 Å². The second kappa shape index (κ2) is 10.9. The zero-order valence-corrected chi connectivity index (χ0v) is 15.4. The van der Waals surface area contributed by atoms with Crippen molar-refractivity contribution in [3.05, 3.63) is 42.5 Å². The zero-order chi connectivity index (χ0) is 17.9. The van der Waals surface area contributed by atoms with E-state index in [0.29, 0.717) is 12.5 Å². The smallest absolute Gasteiger partial charge is 0.253 e. The highest BCUT2D eigenvalue weighted by Gasteiger charge is 2.23. The van der Waals surface area contributed by atoms with Crippen molar-refractivity contribution in [3.8, 4) is 5.75 Å². The van der Waals surface area contributed by atoms with E-state index in [0.717, 1.165) is 56.9 Å². The van der Waals surface area contributed by atoms with Gasteiger partial charge in [0.1, 0.15) is 5.75 Å². The number of carbonyl (C=O) groups excluding carboxylic acids is 1. The van der Waals surface area contributed by atoms with Crippen molar-refractivity contribution >= 4 is 5.91 Å². The number of amides is 1. The number of benzene rings is 1. The lowest BCUT2D eigenvalue weighted by Gasteiger charge is -2.32. The first-order chi connectivity index (χ1) is 12.2. The van der Waals surface area contributed by atoms with E-state index in [1.807, 2.05) is 29.2 Å². The van der Waals surface area contributed by atoms with Gasteiger partial charge in [-0.1, -0.05) is 25.8 Å². The predicted octanol–water partition coefficient (Wildman–Crippen LogP) is 4.31. The molecule has 0 radical (unpaired) electrons. The van der Waals surface area contributed by atoms with Crippen molar-refractivity contribution in [1.29, 1.82) is 0 Å². The molecule has 138 valence electrons. The van der Waals surface area contributed by atoms with E-state index in [-0.39, 0.29) is 5.91 Å². The van der Waals surface area contributed by atoms with Crippen molar-refractivity contribution in [1.82, 2.24) is 4.90 Å². The third-order valence-corrected chi connectivity index (χ3v) is 4.61. The van der Waals surface area contributed by atoms with Crippen molar-refractivity contribution in [2.24, 2.45) is 5.92 Å². The van der Waals surface area contributed by atoms with Gasteiger partial charge < -0.3 is 14.4 Å². The lowest BCUT2D eigenvalue weighted by molar-refractivity contribution is 0.0575. The van der Waals surface area contributed by atoms with Crippen LogP contribution < -0.4 is 4.74 Å². The second-order valence-corrected chi connectivity index (χ2v) is 6.64. The first-order valence-corrected chi connectivity index (χ1v) is 9.45. The monoisotopic (exact) mass is 345 g/mol. The van der Waals surface area contributed by atoms with Crippen molar-refractivity contribution in [2.45, 2.75) is 39.0 Å². The molecule has 25 heavy (non-hydrogen) atoms. The molecule has 4 heteroatoms. The molecule has 1 fully saturated rings. The SMILES string of the molecule is C=CCOCC1CCN(C(=O)c2ccc(OCCCCC)cc2)CC1. The summed E-state index contributed by atoms with van der Waals surface area (Å²) in [4.78, 5) is 14.6. The lowest BCUT2D eigenvalue weighted by atomic mass is 9.97. The summed E-state index contributed by atoms with van der Waals surface area (Å²) in [5.74, 6) is 1.50. The quantitative estimate of drug-likeness (QED) is 0.468. The van der Waals surface area contributed by atoms with Crippen LogP contribution in [0.1, 0.15) is 49.4 Å². The van der Waals surface area contributed by atoms with Gasteiger partial charge in [-0.3, -0.25) is 4.79 Å². The Bertz CT molecular complexity index is 518. The maximum absolute atomic E-state index is 12.6. The van der Waals surface area contributed by atoms with E-state index < -0.39 is 0 Å². The molecule has 0 bridgehead atoms. The number of likely N-dealkylation sites (tertiary alicyclic amines) is 1. The summed E-state index contributed by atoms with van der Waals surface area (Å²) in [6.45, 7) is 9.54. The van der Waals surface area contributed by atoms with Gasteiger partial charge in [-0.25, -0.2) is 0 Å². The molecule has 0 aromatic heterocycles. The van der Waals surface area contributed by atoms with Gasteiger partial charge in [-0.2, -0.15) is 0 Å². The number of rotatable bonds is 10. The van der Waals surface area contributed by atoms with Crippen molar-refractivity contribution in [3.63, 3.8) is 0 Å². The molecule has 0 unspecified atom stereocenters. The van der Waals surface area contributed by atoms with Gasteiger partial charge in [-0.15, -0.1) is 6.58 Å². The Hall–Kier alpha value is -1.81. The summed E-state index contributed by atoms with van der Waals surface area (Å²) < 4.78 is 11.2. The number of nitrogens with zero attached hydrogens (tertiary/aromatic N) is 1. The van der Waals surface area contributed by atoms with E-state index in [1.54, 1.807) is 6.08 Å². The van der Waals surface area contributed by atoms with Gasteiger partial charge >= 0.3 is 0 Å². The van der Waals surface area contributed by atoms with Crippen LogP contribution in [0.4, 0.5) is 0 Å². The van der Waals surface area contributed by atoms with E-state index in [2.05, 4.69) is 13.5 Å². The summed E-state index contributed by atoms with van der Waals surface area (Å²) in [7, 11) is 0. The summed E-state index contributed by atoms with van der Waals surface area (Å²) >= 11 is 0. The third-order valence-electron chi connectivity index (χ3n) is 4.61. The highest BCUT2D eigenvalue weighted by Crippen LogP contribution is 2.20. The minimum Gasteiger partial charge on any atom is -0.494 e. The molecule has 0 N–H and O–H groups in total. The maximum atomic E-state index is 12.6. The highest BCUT2D eigenvalue weighted by molar-refractivity contribution is 5.94. The number of hydrogen-bond acceptors (Lipinski definition) is 3. The topological polar surface area (TPSA) is 38.8 Å². The average Bonchev–Trinajstić information content (AvgIpc) is 2.66. The molecule has 1 aliphatic rings. The molecule has 2 rings (SSSR count). The van der Waals surface area contributed by atoms with Crippen molar-refractivity contribution in [2.75, 3.05) is 32.9 Å². The molecule has 1 heterocycles. The fraction of sp³-hybridized carbons (Fsp3) is 0.571. The average molecular weight is 345 g/mol. The van der Waals surface area contributed by atoms with E-state index in [4.69, 9.17) is 9.47 Å². The van der Waals surface area contributed by atoms with Gasteiger partial charge in [0.2, 0.25) is 0 Å². The van der Waals surface area contributed by atoms with Crippen LogP contribution in [0.3, 0.4) is 0 Å².